The van der Waals surface area contributed by atoms with Crippen molar-refractivity contribution in [1.29, 1.82) is 0 Å². The summed E-state index contributed by atoms with van der Waals surface area (Å²) in [5.74, 6) is 0.138. The molecule has 1 N–H and O–H groups in total. The summed E-state index contributed by atoms with van der Waals surface area (Å²) >= 11 is 0. The number of hydrogen-bond donors (Lipinski definition) is 1. The minimum Gasteiger partial charge on any atom is -0.354 e. The van der Waals surface area contributed by atoms with E-state index in [0.29, 0.717) is 29.3 Å². The Kier molecular flexibility index (Phi) is 4.28. The second kappa shape index (κ2) is 6.27. The highest BCUT2D eigenvalue weighted by Crippen LogP contribution is 2.37. The first kappa shape index (κ1) is 17.1. The summed E-state index contributed by atoms with van der Waals surface area (Å²) in [4.78, 5) is 35.7. The van der Waals surface area contributed by atoms with Crippen molar-refractivity contribution in [2.45, 2.75) is 32.2 Å². The first-order chi connectivity index (χ1) is 11.8. The predicted molar refractivity (Wildman–Crippen MR) is 91.0 cm³/mol. The number of aromatic nitrogens is 4. The molecule has 0 radical (unpaired) electrons. The molecule has 1 saturated heterocycles. The van der Waals surface area contributed by atoms with Crippen molar-refractivity contribution in [3.63, 3.8) is 0 Å². The summed E-state index contributed by atoms with van der Waals surface area (Å²) in [6.07, 6.45) is 4.87. The van der Waals surface area contributed by atoms with Crippen LogP contribution in [0.2, 0.25) is 0 Å². The van der Waals surface area contributed by atoms with Gasteiger partial charge in [0.1, 0.15) is 11.2 Å². The van der Waals surface area contributed by atoms with Gasteiger partial charge in [0.2, 0.25) is 0 Å². The van der Waals surface area contributed by atoms with Crippen LogP contribution in [0.15, 0.2) is 18.5 Å². The number of carbonyl (C=O) groups is 2. The highest BCUT2D eigenvalue weighted by atomic mass is 16.2. The van der Waals surface area contributed by atoms with Crippen LogP contribution in [0.4, 0.5) is 0 Å². The van der Waals surface area contributed by atoms with E-state index in [1.165, 1.54) is 0 Å². The minimum atomic E-state index is -0.651. The monoisotopic (exact) mass is 342 g/mol. The number of nitrogens with zero attached hydrogens (tertiary/aromatic N) is 5. The van der Waals surface area contributed by atoms with E-state index in [0.717, 1.165) is 12.8 Å². The van der Waals surface area contributed by atoms with Crippen LogP contribution in [0.25, 0.3) is 0 Å². The molecule has 3 rings (SSSR count). The zero-order valence-electron chi connectivity index (χ0n) is 14.9. The molecule has 8 heteroatoms. The number of carbonyl (C=O) groups excluding carboxylic acids is 2. The molecule has 0 spiro atoms. The van der Waals surface area contributed by atoms with Crippen molar-refractivity contribution in [2.75, 3.05) is 13.6 Å². The number of rotatable bonds is 3. The molecular weight excluding hydrogens is 320 g/mol. The molecule has 1 fully saturated rings. The van der Waals surface area contributed by atoms with E-state index in [-0.39, 0.29) is 11.8 Å². The van der Waals surface area contributed by atoms with Crippen LogP contribution in [-0.2, 0) is 12.6 Å². The number of amides is 2. The molecule has 3 heterocycles. The summed E-state index contributed by atoms with van der Waals surface area (Å²) in [6, 6.07) is 1.65. The lowest BCUT2D eigenvalue weighted by molar-refractivity contribution is 0.0603. The van der Waals surface area contributed by atoms with Crippen LogP contribution in [0, 0.1) is 6.92 Å². The number of hydrogen-bond acceptors (Lipinski definition) is 5. The molecule has 25 heavy (non-hydrogen) atoms. The molecule has 2 aromatic heterocycles. The maximum absolute atomic E-state index is 12.9. The standard InChI is InChI=1S/C17H22N6O2/c1-11-8-13(14(24)18-3)21-16(20-11)17(2)6-5-7-23(17)15(25)12-9-19-22(4)10-12/h8-10H,5-7H2,1-4H3,(H,18,24). The Hall–Kier alpha value is -2.77. The van der Waals surface area contributed by atoms with Gasteiger partial charge in [-0.15, -0.1) is 0 Å². The van der Waals surface area contributed by atoms with Crippen molar-refractivity contribution in [3.05, 3.63) is 41.2 Å². The first-order valence-corrected chi connectivity index (χ1v) is 8.24. The third-order valence-corrected chi connectivity index (χ3v) is 4.63. The van der Waals surface area contributed by atoms with E-state index in [1.54, 1.807) is 42.1 Å². The zero-order valence-corrected chi connectivity index (χ0v) is 14.9. The third-order valence-electron chi connectivity index (χ3n) is 4.63. The molecule has 2 amide bonds. The summed E-state index contributed by atoms with van der Waals surface area (Å²) in [6.45, 7) is 4.40. The van der Waals surface area contributed by atoms with E-state index in [9.17, 15) is 9.59 Å². The van der Waals surface area contributed by atoms with Crippen LogP contribution < -0.4 is 5.32 Å². The van der Waals surface area contributed by atoms with Crippen LogP contribution in [-0.4, -0.2) is 50.1 Å². The lowest BCUT2D eigenvalue weighted by Crippen LogP contribution is -2.44. The SMILES string of the molecule is CNC(=O)c1cc(C)nc(C2(C)CCCN2C(=O)c2cnn(C)c2)n1. The normalized spacial score (nSPS) is 19.9. The lowest BCUT2D eigenvalue weighted by Gasteiger charge is -2.34. The van der Waals surface area contributed by atoms with Gasteiger partial charge in [0, 0.05) is 32.5 Å². The maximum atomic E-state index is 12.9. The largest absolute Gasteiger partial charge is 0.354 e. The Balaban J connectivity index is 2.01. The van der Waals surface area contributed by atoms with Crippen LogP contribution in [0.5, 0.6) is 0 Å². The molecule has 0 saturated carbocycles. The first-order valence-electron chi connectivity index (χ1n) is 8.24. The molecule has 1 aliphatic rings. The van der Waals surface area contributed by atoms with E-state index in [1.807, 2.05) is 13.8 Å². The molecule has 8 nitrogen and oxygen atoms in total. The molecule has 1 aliphatic heterocycles. The van der Waals surface area contributed by atoms with E-state index < -0.39 is 5.54 Å². The molecule has 2 aromatic rings. The number of likely N-dealkylation sites (tertiary alicyclic amines) is 1. The van der Waals surface area contributed by atoms with Gasteiger partial charge in [-0.2, -0.15) is 5.10 Å². The van der Waals surface area contributed by atoms with Gasteiger partial charge in [-0.1, -0.05) is 0 Å². The summed E-state index contributed by atoms with van der Waals surface area (Å²) < 4.78 is 1.60. The number of aryl methyl sites for hydroxylation is 2. The quantitative estimate of drug-likeness (QED) is 0.899. The number of nitrogens with one attached hydrogen (secondary N) is 1. The maximum Gasteiger partial charge on any atom is 0.269 e. The average Bonchev–Trinajstić information content (AvgIpc) is 3.19. The van der Waals surface area contributed by atoms with Gasteiger partial charge < -0.3 is 10.2 Å². The fourth-order valence-electron chi connectivity index (χ4n) is 3.26. The van der Waals surface area contributed by atoms with E-state index in [4.69, 9.17) is 0 Å². The van der Waals surface area contributed by atoms with Gasteiger partial charge in [-0.25, -0.2) is 9.97 Å². The Labute approximate surface area is 146 Å². The third kappa shape index (κ3) is 2.99. The molecule has 132 valence electrons. The lowest BCUT2D eigenvalue weighted by atomic mass is 9.96. The Morgan fingerprint density at radius 2 is 2.08 bits per heavy atom. The summed E-state index contributed by atoms with van der Waals surface area (Å²) in [7, 11) is 3.34. The average molecular weight is 342 g/mol. The second-order valence-electron chi connectivity index (χ2n) is 6.53. The van der Waals surface area contributed by atoms with Crippen molar-refractivity contribution in [2.24, 2.45) is 7.05 Å². The van der Waals surface area contributed by atoms with Gasteiger partial charge in [0.25, 0.3) is 11.8 Å². The van der Waals surface area contributed by atoms with Crippen molar-refractivity contribution >= 4 is 11.8 Å². The fourth-order valence-corrected chi connectivity index (χ4v) is 3.26. The van der Waals surface area contributed by atoms with Gasteiger partial charge >= 0.3 is 0 Å². The van der Waals surface area contributed by atoms with Crippen LogP contribution in [0.3, 0.4) is 0 Å². The van der Waals surface area contributed by atoms with Crippen molar-refractivity contribution in [1.82, 2.24) is 30.0 Å². The van der Waals surface area contributed by atoms with Crippen LogP contribution >= 0.6 is 0 Å². The van der Waals surface area contributed by atoms with Gasteiger partial charge in [-0.3, -0.25) is 14.3 Å². The molecule has 0 aromatic carbocycles. The van der Waals surface area contributed by atoms with E-state index >= 15 is 0 Å². The molecule has 0 bridgehead atoms. The summed E-state index contributed by atoms with van der Waals surface area (Å²) in [5, 5.41) is 6.66. The molecule has 1 unspecified atom stereocenters. The van der Waals surface area contributed by atoms with Gasteiger partial charge in [0.15, 0.2) is 5.82 Å². The van der Waals surface area contributed by atoms with Gasteiger partial charge in [-0.05, 0) is 32.8 Å². The van der Waals surface area contributed by atoms with Gasteiger partial charge in [0.05, 0.1) is 11.8 Å². The van der Waals surface area contributed by atoms with Crippen molar-refractivity contribution < 1.29 is 9.59 Å². The highest BCUT2D eigenvalue weighted by Gasteiger charge is 2.44. The summed E-state index contributed by atoms with van der Waals surface area (Å²) in [5.41, 5.74) is 0.897. The van der Waals surface area contributed by atoms with E-state index in [2.05, 4.69) is 20.4 Å². The Bertz CT molecular complexity index is 830. The minimum absolute atomic E-state index is 0.0975. The smallest absolute Gasteiger partial charge is 0.269 e. The Morgan fingerprint density at radius 1 is 1.32 bits per heavy atom. The fraction of sp³-hybridized carbons (Fsp3) is 0.471. The highest BCUT2D eigenvalue weighted by molar-refractivity contribution is 5.94. The predicted octanol–water partition coefficient (Wildman–Crippen LogP) is 1.03. The van der Waals surface area contributed by atoms with Crippen molar-refractivity contribution in [3.8, 4) is 0 Å². The second-order valence-corrected chi connectivity index (χ2v) is 6.53. The molecule has 0 aliphatic carbocycles. The molecular formula is C17H22N6O2. The topological polar surface area (TPSA) is 93.0 Å². The molecule has 1 atom stereocenters. The zero-order chi connectivity index (χ0) is 18.2. The van der Waals surface area contributed by atoms with Crippen LogP contribution in [0.1, 0.15) is 52.1 Å². The Morgan fingerprint density at radius 3 is 2.72 bits per heavy atom.